The number of esters is 1. The monoisotopic (exact) mass is 420 g/mol. The first-order valence-electron chi connectivity index (χ1n) is 11.4. The van der Waals surface area contributed by atoms with Crippen LogP contribution in [0.15, 0.2) is 48.5 Å². The highest BCUT2D eigenvalue weighted by molar-refractivity contribution is 5.88. The van der Waals surface area contributed by atoms with Crippen LogP contribution in [0.25, 0.3) is 12.2 Å². The molecule has 0 saturated carbocycles. The van der Waals surface area contributed by atoms with Gasteiger partial charge in [-0.2, -0.15) is 0 Å². The largest absolute Gasteiger partial charge is 0.466 e. The summed E-state index contributed by atoms with van der Waals surface area (Å²) in [7, 11) is 0. The van der Waals surface area contributed by atoms with Crippen LogP contribution in [-0.2, 0) is 14.3 Å². The van der Waals surface area contributed by atoms with Crippen LogP contribution in [0.4, 0.5) is 11.4 Å². The van der Waals surface area contributed by atoms with Crippen molar-refractivity contribution in [2.24, 2.45) is 5.92 Å². The molecule has 0 amide bonds. The molecule has 0 unspecified atom stereocenters. The van der Waals surface area contributed by atoms with Crippen molar-refractivity contribution in [3.05, 3.63) is 59.7 Å². The average molecular weight is 421 g/mol. The Bertz CT molecular complexity index is 862. The summed E-state index contributed by atoms with van der Waals surface area (Å²) in [5.74, 6) is -0.0495. The number of hydrogen-bond donors (Lipinski definition) is 0. The first kappa shape index (κ1) is 21.6. The second kappa shape index (κ2) is 10.6. The molecule has 4 rings (SSSR count). The number of carbonyl (C=O) groups is 1. The third-order valence-electron chi connectivity index (χ3n) is 6.03. The molecule has 2 aliphatic heterocycles. The molecule has 0 N–H and O–H groups in total. The smallest absolute Gasteiger partial charge is 0.310 e. The van der Waals surface area contributed by atoms with Crippen LogP contribution >= 0.6 is 0 Å². The van der Waals surface area contributed by atoms with E-state index in [4.69, 9.17) is 9.47 Å². The Morgan fingerprint density at radius 1 is 0.968 bits per heavy atom. The summed E-state index contributed by atoms with van der Waals surface area (Å²) < 4.78 is 11.2. The number of anilines is 2. The molecular weight excluding hydrogens is 388 g/mol. The van der Waals surface area contributed by atoms with E-state index >= 15 is 0 Å². The Hall–Kier alpha value is -2.63. The van der Waals surface area contributed by atoms with Crippen LogP contribution in [0.1, 0.15) is 30.9 Å². The van der Waals surface area contributed by atoms with E-state index in [2.05, 4.69) is 70.5 Å². The number of para-hydroxylation sites is 2. The van der Waals surface area contributed by atoms with Gasteiger partial charge in [0.2, 0.25) is 0 Å². The van der Waals surface area contributed by atoms with Crippen LogP contribution in [0.5, 0.6) is 0 Å². The van der Waals surface area contributed by atoms with Crippen LogP contribution in [0.3, 0.4) is 0 Å². The van der Waals surface area contributed by atoms with Gasteiger partial charge >= 0.3 is 5.97 Å². The maximum Gasteiger partial charge on any atom is 0.310 e. The molecule has 0 aliphatic carbocycles. The van der Waals surface area contributed by atoms with Crippen molar-refractivity contribution in [2.75, 3.05) is 50.9 Å². The zero-order valence-corrected chi connectivity index (χ0v) is 18.3. The highest BCUT2D eigenvalue weighted by atomic mass is 16.5. The fourth-order valence-electron chi connectivity index (χ4n) is 4.46. The van der Waals surface area contributed by atoms with Gasteiger partial charge < -0.3 is 19.3 Å². The fraction of sp³-hybridized carbons (Fsp3) is 0.423. The average Bonchev–Trinajstić information content (AvgIpc) is 2.96. The van der Waals surface area contributed by atoms with Crippen molar-refractivity contribution >= 4 is 29.5 Å². The maximum absolute atomic E-state index is 12.0. The number of ether oxygens (including phenoxy) is 2. The summed E-state index contributed by atoms with van der Waals surface area (Å²) in [5.41, 5.74) is 4.86. The van der Waals surface area contributed by atoms with Crippen molar-refractivity contribution < 1.29 is 14.3 Å². The van der Waals surface area contributed by atoms with Crippen molar-refractivity contribution in [3.8, 4) is 0 Å². The number of rotatable bonds is 8. The van der Waals surface area contributed by atoms with Crippen LogP contribution in [-0.4, -0.2) is 56.9 Å². The predicted molar refractivity (Wildman–Crippen MR) is 125 cm³/mol. The van der Waals surface area contributed by atoms with Gasteiger partial charge in [-0.05, 0) is 49.6 Å². The minimum Gasteiger partial charge on any atom is -0.466 e. The molecular formula is C26H32N2O3. The molecule has 2 aromatic rings. The van der Waals surface area contributed by atoms with Gasteiger partial charge in [0.1, 0.15) is 0 Å². The number of fused-ring (bicyclic) bond motifs is 2. The number of benzene rings is 2. The van der Waals surface area contributed by atoms with E-state index in [1.165, 1.54) is 22.5 Å². The summed E-state index contributed by atoms with van der Waals surface area (Å²) >= 11 is 0. The summed E-state index contributed by atoms with van der Waals surface area (Å²) in [4.78, 5) is 16.7. The molecule has 0 spiro atoms. The normalized spacial score (nSPS) is 18.2. The Morgan fingerprint density at radius 2 is 1.61 bits per heavy atom. The standard InChI is InChI=1S/C26H32N2O3/c1-2-31-26(29)23-10-7-15-27(20-23)16-18-30-19-17-28-24-11-5-3-8-21(24)13-14-22-9-4-6-12-25(22)28/h3-6,8-9,11-14,23H,2,7,10,15-20H2,1H3/t23-/m1/s1. The fourth-order valence-corrected chi connectivity index (χ4v) is 4.46. The highest BCUT2D eigenvalue weighted by Gasteiger charge is 2.26. The van der Waals surface area contributed by atoms with Crippen LogP contribution in [0.2, 0.25) is 0 Å². The van der Waals surface area contributed by atoms with E-state index in [0.717, 1.165) is 39.0 Å². The molecule has 1 saturated heterocycles. The minimum atomic E-state index is -0.0553. The van der Waals surface area contributed by atoms with E-state index < -0.39 is 0 Å². The zero-order valence-electron chi connectivity index (χ0n) is 18.3. The SMILES string of the molecule is CCOC(=O)[C@@H]1CCCN(CCOCCN2c3ccccc3C=Cc3ccccc32)C1. The highest BCUT2D eigenvalue weighted by Crippen LogP contribution is 2.35. The lowest BCUT2D eigenvalue weighted by Crippen LogP contribution is -2.41. The van der Waals surface area contributed by atoms with Crippen LogP contribution < -0.4 is 4.90 Å². The molecule has 164 valence electrons. The Kier molecular flexibility index (Phi) is 7.39. The molecule has 0 bridgehead atoms. The molecule has 0 radical (unpaired) electrons. The van der Waals surface area contributed by atoms with E-state index in [9.17, 15) is 4.79 Å². The predicted octanol–water partition coefficient (Wildman–Crippen LogP) is 4.60. The van der Waals surface area contributed by atoms with Gasteiger partial charge in [-0.25, -0.2) is 0 Å². The maximum atomic E-state index is 12.0. The van der Waals surface area contributed by atoms with E-state index in [0.29, 0.717) is 19.8 Å². The number of piperidine rings is 1. The number of nitrogens with zero attached hydrogens (tertiary/aromatic N) is 2. The van der Waals surface area contributed by atoms with Crippen molar-refractivity contribution in [3.63, 3.8) is 0 Å². The van der Waals surface area contributed by atoms with Gasteiger partial charge in [0.15, 0.2) is 0 Å². The van der Waals surface area contributed by atoms with E-state index in [1.54, 1.807) is 0 Å². The number of likely N-dealkylation sites (tertiary alicyclic amines) is 1. The number of hydrogen-bond acceptors (Lipinski definition) is 5. The lowest BCUT2D eigenvalue weighted by atomic mass is 9.98. The molecule has 2 aromatic carbocycles. The zero-order chi connectivity index (χ0) is 21.5. The second-order valence-corrected chi connectivity index (χ2v) is 8.11. The lowest BCUT2D eigenvalue weighted by molar-refractivity contribution is -0.150. The molecule has 2 heterocycles. The molecule has 1 fully saturated rings. The molecule has 1 atom stereocenters. The number of carbonyl (C=O) groups excluding carboxylic acids is 1. The van der Waals surface area contributed by atoms with Gasteiger partial charge in [0.25, 0.3) is 0 Å². The van der Waals surface area contributed by atoms with Gasteiger partial charge in [-0.3, -0.25) is 4.79 Å². The van der Waals surface area contributed by atoms with Crippen LogP contribution in [0, 0.1) is 5.92 Å². The van der Waals surface area contributed by atoms with Crippen molar-refractivity contribution in [1.29, 1.82) is 0 Å². The summed E-state index contributed by atoms with van der Waals surface area (Å²) in [6.07, 6.45) is 6.34. The quantitative estimate of drug-likeness (QED) is 0.461. The minimum absolute atomic E-state index is 0.00584. The second-order valence-electron chi connectivity index (χ2n) is 8.11. The van der Waals surface area contributed by atoms with Gasteiger partial charge in [0, 0.05) is 31.0 Å². The Labute approximate surface area is 185 Å². The third kappa shape index (κ3) is 5.35. The summed E-state index contributed by atoms with van der Waals surface area (Å²) in [6, 6.07) is 17.0. The molecule has 31 heavy (non-hydrogen) atoms. The first-order chi connectivity index (χ1) is 15.3. The molecule has 5 nitrogen and oxygen atoms in total. The molecule has 0 aromatic heterocycles. The van der Waals surface area contributed by atoms with Gasteiger partial charge in [-0.15, -0.1) is 0 Å². The summed E-state index contributed by atoms with van der Waals surface area (Å²) in [5, 5.41) is 0. The molecule has 5 heteroatoms. The van der Waals surface area contributed by atoms with Gasteiger partial charge in [-0.1, -0.05) is 48.6 Å². The van der Waals surface area contributed by atoms with Crippen molar-refractivity contribution in [1.82, 2.24) is 4.90 Å². The molecule has 2 aliphatic rings. The Morgan fingerprint density at radius 3 is 2.29 bits per heavy atom. The third-order valence-corrected chi connectivity index (χ3v) is 6.03. The van der Waals surface area contributed by atoms with E-state index in [1.807, 2.05) is 6.92 Å². The van der Waals surface area contributed by atoms with E-state index in [-0.39, 0.29) is 11.9 Å². The Balaban J connectivity index is 1.30. The topological polar surface area (TPSA) is 42.0 Å². The lowest BCUT2D eigenvalue weighted by Gasteiger charge is -2.31. The summed E-state index contributed by atoms with van der Waals surface area (Å²) in [6.45, 7) is 7.09. The first-order valence-corrected chi connectivity index (χ1v) is 11.4. The van der Waals surface area contributed by atoms with Crippen molar-refractivity contribution in [2.45, 2.75) is 19.8 Å². The van der Waals surface area contributed by atoms with Gasteiger partial charge in [0.05, 0.1) is 25.7 Å².